The van der Waals surface area contributed by atoms with Gasteiger partial charge in [0.1, 0.15) is 0 Å². The van der Waals surface area contributed by atoms with Crippen molar-refractivity contribution in [3.63, 3.8) is 0 Å². The van der Waals surface area contributed by atoms with E-state index in [2.05, 4.69) is 23.6 Å². The van der Waals surface area contributed by atoms with Crippen LogP contribution in [0.15, 0.2) is 24.3 Å². The standard InChI is InChI=1S/C16H24N2O/c1-3-16(19)18-15-9-5-8-14(11-15)17-12(2)10-13-6-4-7-13/h5,8-9,11-13,17H,3-4,6-7,10H2,1-2H3,(H,18,19). The molecule has 0 saturated heterocycles. The number of benzene rings is 1. The van der Waals surface area contributed by atoms with E-state index in [1.807, 2.05) is 25.1 Å². The van der Waals surface area contributed by atoms with Crippen LogP contribution in [0, 0.1) is 5.92 Å². The summed E-state index contributed by atoms with van der Waals surface area (Å²) in [6.07, 6.45) is 5.93. The summed E-state index contributed by atoms with van der Waals surface area (Å²) in [6.45, 7) is 4.09. The summed E-state index contributed by atoms with van der Waals surface area (Å²) in [7, 11) is 0. The molecule has 0 radical (unpaired) electrons. The molecule has 3 heteroatoms. The van der Waals surface area contributed by atoms with Crippen molar-refractivity contribution < 1.29 is 4.79 Å². The molecule has 1 amide bonds. The molecule has 0 heterocycles. The van der Waals surface area contributed by atoms with Crippen LogP contribution >= 0.6 is 0 Å². The molecule has 1 aliphatic carbocycles. The summed E-state index contributed by atoms with van der Waals surface area (Å²) >= 11 is 0. The molecule has 0 bridgehead atoms. The molecule has 1 aromatic rings. The van der Waals surface area contributed by atoms with Crippen molar-refractivity contribution in [2.24, 2.45) is 5.92 Å². The van der Waals surface area contributed by atoms with Crippen LogP contribution in [0.5, 0.6) is 0 Å². The van der Waals surface area contributed by atoms with Crippen molar-refractivity contribution in [1.29, 1.82) is 0 Å². The zero-order valence-electron chi connectivity index (χ0n) is 11.9. The van der Waals surface area contributed by atoms with E-state index >= 15 is 0 Å². The van der Waals surface area contributed by atoms with Gasteiger partial charge in [0.25, 0.3) is 0 Å². The number of nitrogens with one attached hydrogen (secondary N) is 2. The van der Waals surface area contributed by atoms with Crippen molar-refractivity contribution in [2.75, 3.05) is 10.6 Å². The number of hydrogen-bond donors (Lipinski definition) is 2. The third kappa shape index (κ3) is 4.27. The first kappa shape index (κ1) is 13.9. The minimum Gasteiger partial charge on any atom is -0.383 e. The molecule has 1 saturated carbocycles. The molecule has 104 valence electrons. The SMILES string of the molecule is CCC(=O)Nc1cccc(NC(C)CC2CCC2)c1. The van der Waals surface area contributed by atoms with Crippen molar-refractivity contribution in [3.8, 4) is 0 Å². The Labute approximate surface area is 115 Å². The third-order valence-corrected chi connectivity index (χ3v) is 3.79. The average Bonchev–Trinajstić information content (AvgIpc) is 2.34. The van der Waals surface area contributed by atoms with Crippen LogP contribution in [0.4, 0.5) is 11.4 Å². The Morgan fingerprint density at radius 1 is 1.37 bits per heavy atom. The van der Waals surface area contributed by atoms with Crippen LogP contribution in [0.25, 0.3) is 0 Å². The van der Waals surface area contributed by atoms with E-state index in [0.717, 1.165) is 17.3 Å². The largest absolute Gasteiger partial charge is 0.383 e. The van der Waals surface area contributed by atoms with Gasteiger partial charge >= 0.3 is 0 Å². The summed E-state index contributed by atoms with van der Waals surface area (Å²) in [5.41, 5.74) is 1.95. The Bertz CT molecular complexity index is 427. The molecule has 1 aliphatic rings. The van der Waals surface area contributed by atoms with Gasteiger partial charge in [0.15, 0.2) is 0 Å². The summed E-state index contributed by atoms with van der Waals surface area (Å²) in [4.78, 5) is 11.4. The van der Waals surface area contributed by atoms with Gasteiger partial charge in [-0.1, -0.05) is 32.3 Å². The summed E-state index contributed by atoms with van der Waals surface area (Å²) in [6, 6.07) is 8.45. The number of amides is 1. The first-order valence-corrected chi connectivity index (χ1v) is 7.34. The highest BCUT2D eigenvalue weighted by Crippen LogP contribution is 2.31. The lowest BCUT2D eigenvalue weighted by molar-refractivity contribution is -0.115. The van der Waals surface area contributed by atoms with E-state index in [1.165, 1.54) is 25.7 Å². The molecule has 3 nitrogen and oxygen atoms in total. The number of carbonyl (C=O) groups is 1. The van der Waals surface area contributed by atoms with Crippen LogP contribution in [0.3, 0.4) is 0 Å². The molecule has 1 aromatic carbocycles. The van der Waals surface area contributed by atoms with Gasteiger partial charge in [-0.05, 0) is 37.5 Å². The summed E-state index contributed by atoms with van der Waals surface area (Å²) < 4.78 is 0. The first-order chi connectivity index (χ1) is 9.17. The quantitative estimate of drug-likeness (QED) is 0.811. The van der Waals surface area contributed by atoms with E-state index in [4.69, 9.17) is 0 Å². The highest BCUT2D eigenvalue weighted by Gasteiger charge is 2.19. The second kappa shape index (κ2) is 6.60. The van der Waals surface area contributed by atoms with Crippen molar-refractivity contribution in [1.82, 2.24) is 0 Å². The number of carbonyl (C=O) groups excluding carboxylic acids is 1. The highest BCUT2D eigenvalue weighted by molar-refractivity contribution is 5.90. The van der Waals surface area contributed by atoms with Gasteiger partial charge in [-0.15, -0.1) is 0 Å². The van der Waals surface area contributed by atoms with Gasteiger partial charge in [-0.2, -0.15) is 0 Å². The fraction of sp³-hybridized carbons (Fsp3) is 0.562. The lowest BCUT2D eigenvalue weighted by atomic mass is 9.81. The van der Waals surface area contributed by atoms with Gasteiger partial charge < -0.3 is 10.6 Å². The number of hydrogen-bond acceptors (Lipinski definition) is 2. The molecule has 0 aliphatic heterocycles. The predicted molar refractivity (Wildman–Crippen MR) is 80.4 cm³/mol. The Balaban J connectivity index is 1.88. The molecule has 2 rings (SSSR count). The molecule has 0 spiro atoms. The fourth-order valence-electron chi connectivity index (χ4n) is 2.51. The van der Waals surface area contributed by atoms with E-state index in [-0.39, 0.29) is 5.91 Å². The van der Waals surface area contributed by atoms with Crippen molar-refractivity contribution in [3.05, 3.63) is 24.3 Å². The maximum Gasteiger partial charge on any atom is 0.224 e. The normalized spacial score (nSPS) is 16.5. The Morgan fingerprint density at radius 3 is 2.74 bits per heavy atom. The zero-order chi connectivity index (χ0) is 13.7. The van der Waals surface area contributed by atoms with E-state index in [1.54, 1.807) is 0 Å². The van der Waals surface area contributed by atoms with Crippen LogP contribution in [0.1, 0.15) is 46.0 Å². The molecule has 1 unspecified atom stereocenters. The Morgan fingerprint density at radius 2 is 2.11 bits per heavy atom. The summed E-state index contributed by atoms with van der Waals surface area (Å²) in [5, 5.41) is 6.41. The molecule has 2 N–H and O–H groups in total. The molecular weight excluding hydrogens is 236 g/mol. The molecule has 1 atom stereocenters. The molecule has 1 fully saturated rings. The topological polar surface area (TPSA) is 41.1 Å². The maximum absolute atomic E-state index is 11.4. The van der Waals surface area contributed by atoms with Crippen LogP contribution < -0.4 is 10.6 Å². The molecule has 19 heavy (non-hydrogen) atoms. The van der Waals surface area contributed by atoms with Crippen LogP contribution in [-0.2, 0) is 4.79 Å². The first-order valence-electron chi connectivity index (χ1n) is 7.34. The van der Waals surface area contributed by atoms with Crippen molar-refractivity contribution >= 4 is 17.3 Å². The van der Waals surface area contributed by atoms with Gasteiger partial charge in [0.2, 0.25) is 5.91 Å². The smallest absolute Gasteiger partial charge is 0.224 e. The van der Waals surface area contributed by atoms with E-state index in [9.17, 15) is 4.79 Å². The number of anilines is 2. The summed E-state index contributed by atoms with van der Waals surface area (Å²) in [5.74, 6) is 0.963. The number of rotatable bonds is 6. The van der Waals surface area contributed by atoms with Gasteiger partial charge in [0, 0.05) is 23.8 Å². The van der Waals surface area contributed by atoms with Crippen molar-refractivity contribution in [2.45, 2.75) is 52.0 Å². The van der Waals surface area contributed by atoms with Gasteiger partial charge in [-0.3, -0.25) is 4.79 Å². The maximum atomic E-state index is 11.4. The Hall–Kier alpha value is -1.51. The van der Waals surface area contributed by atoms with E-state index in [0.29, 0.717) is 12.5 Å². The average molecular weight is 260 g/mol. The van der Waals surface area contributed by atoms with E-state index < -0.39 is 0 Å². The van der Waals surface area contributed by atoms with Crippen LogP contribution in [0.2, 0.25) is 0 Å². The highest BCUT2D eigenvalue weighted by atomic mass is 16.1. The lowest BCUT2D eigenvalue weighted by Crippen LogP contribution is -2.23. The van der Waals surface area contributed by atoms with Gasteiger partial charge in [0.05, 0.1) is 0 Å². The molecular formula is C16H24N2O. The Kier molecular flexibility index (Phi) is 4.83. The second-order valence-corrected chi connectivity index (χ2v) is 5.56. The zero-order valence-corrected chi connectivity index (χ0v) is 11.9. The lowest BCUT2D eigenvalue weighted by Gasteiger charge is -2.29. The fourth-order valence-corrected chi connectivity index (χ4v) is 2.51. The predicted octanol–water partition coefficient (Wildman–Crippen LogP) is 4.03. The monoisotopic (exact) mass is 260 g/mol. The minimum atomic E-state index is 0.0552. The third-order valence-electron chi connectivity index (χ3n) is 3.79. The second-order valence-electron chi connectivity index (χ2n) is 5.56. The minimum absolute atomic E-state index is 0.0552. The van der Waals surface area contributed by atoms with Crippen LogP contribution in [-0.4, -0.2) is 11.9 Å². The molecule has 0 aromatic heterocycles. The van der Waals surface area contributed by atoms with Gasteiger partial charge in [-0.25, -0.2) is 0 Å².